The van der Waals surface area contributed by atoms with Gasteiger partial charge >= 0.3 is 0 Å². The lowest BCUT2D eigenvalue weighted by Gasteiger charge is -2.07. The average molecular weight is 295 g/mol. The van der Waals surface area contributed by atoms with Crippen LogP contribution >= 0.6 is 34.8 Å². The molecular formula is C11H4Cl3F2N. The van der Waals surface area contributed by atoms with E-state index in [1.807, 2.05) is 0 Å². The van der Waals surface area contributed by atoms with Gasteiger partial charge in [-0.2, -0.15) is 4.39 Å². The van der Waals surface area contributed by atoms with Crippen LogP contribution in [0.3, 0.4) is 0 Å². The molecule has 0 aliphatic heterocycles. The quantitative estimate of drug-likeness (QED) is 0.533. The van der Waals surface area contributed by atoms with E-state index in [1.165, 1.54) is 12.1 Å². The standard InChI is InChI=1S/C11H4Cl3F2N/c12-8-2-1-6(9(13)10(8)14)7-3-5(15)4-17-11(7)16/h1-4H. The van der Waals surface area contributed by atoms with Crippen LogP contribution in [0.4, 0.5) is 8.78 Å². The number of nitrogens with zero attached hydrogens (tertiary/aromatic N) is 1. The lowest BCUT2D eigenvalue weighted by Crippen LogP contribution is -1.92. The van der Waals surface area contributed by atoms with Gasteiger partial charge in [-0.15, -0.1) is 0 Å². The average Bonchev–Trinajstić information content (AvgIpc) is 2.30. The van der Waals surface area contributed by atoms with Gasteiger partial charge in [0.2, 0.25) is 5.95 Å². The molecule has 0 radical (unpaired) electrons. The Balaban J connectivity index is 2.69. The zero-order valence-corrected chi connectivity index (χ0v) is 10.4. The highest BCUT2D eigenvalue weighted by Gasteiger charge is 2.15. The van der Waals surface area contributed by atoms with Gasteiger partial charge in [0.15, 0.2) is 0 Å². The fourth-order valence-corrected chi connectivity index (χ4v) is 1.98. The summed E-state index contributed by atoms with van der Waals surface area (Å²) >= 11 is 17.5. The number of hydrogen-bond acceptors (Lipinski definition) is 1. The third kappa shape index (κ3) is 2.37. The summed E-state index contributed by atoms with van der Waals surface area (Å²) in [4.78, 5) is 3.27. The largest absolute Gasteiger partial charge is 0.225 e. The van der Waals surface area contributed by atoms with Crippen molar-refractivity contribution in [1.82, 2.24) is 4.98 Å². The predicted molar refractivity (Wildman–Crippen MR) is 64.6 cm³/mol. The summed E-state index contributed by atoms with van der Waals surface area (Å²) in [6, 6.07) is 3.90. The van der Waals surface area contributed by atoms with Gasteiger partial charge in [0.05, 0.1) is 21.3 Å². The summed E-state index contributed by atoms with van der Waals surface area (Å²) < 4.78 is 26.5. The van der Waals surface area contributed by atoms with Crippen LogP contribution in [0, 0.1) is 11.8 Å². The van der Waals surface area contributed by atoms with Gasteiger partial charge in [-0.25, -0.2) is 9.37 Å². The van der Waals surface area contributed by atoms with Crippen molar-refractivity contribution in [1.29, 1.82) is 0 Å². The van der Waals surface area contributed by atoms with Crippen molar-refractivity contribution in [3.63, 3.8) is 0 Å². The van der Waals surface area contributed by atoms with Gasteiger partial charge < -0.3 is 0 Å². The van der Waals surface area contributed by atoms with E-state index in [9.17, 15) is 8.78 Å². The predicted octanol–water partition coefficient (Wildman–Crippen LogP) is 4.99. The van der Waals surface area contributed by atoms with Crippen molar-refractivity contribution in [2.75, 3.05) is 0 Å². The lowest BCUT2D eigenvalue weighted by molar-refractivity contribution is 0.563. The molecule has 0 N–H and O–H groups in total. The molecule has 0 fully saturated rings. The maximum absolute atomic E-state index is 13.5. The van der Waals surface area contributed by atoms with Crippen molar-refractivity contribution >= 4 is 34.8 Å². The van der Waals surface area contributed by atoms with E-state index in [0.717, 1.165) is 12.3 Å². The zero-order chi connectivity index (χ0) is 12.6. The first kappa shape index (κ1) is 12.6. The monoisotopic (exact) mass is 293 g/mol. The molecule has 0 amide bonds. The van der Waals surface area contributed by atoms with Crippen molar-refractivity contribution in [2.45, 2.75) is 0 Å². The molecule has 0 bridgehead atoms. The molecule has 0 saturated heterocycles. The second-order valence-electron chi connectivity index (χ2n) is 3.21. The van der Waals surface area contributed by atoms with Crippen LogP contribution < -0.4 is 0 Å². The van der Waals surface area contributed by atoms with Crippen LogP contribution in [0.5, 0.6) is 0 Å². The first-order valence-electron chi connectivity index (χ1n) is 4.45. The molecule has 2 aromatic rings. The molecule has 0 aliphatic carbocycles. The summed E-state index contributed by atoms with van der Waals surface area (Å²) in [6.07, 6.45) is 0.782. The highest BCUT2D eigenvalue weighted by molar-refractivity contribution is 6.49. The van der Waals surface area contributed by atoms with E-state index >= 15 is 0 Å². The summed E-state index contributed by atoms with van der Waals surface area (Å²) in [5, 5.41) is 0.394. The van der Waals surface area contributed by atoms with Gasteiger partial charge in [0, 0.05) is 11.1 Å². The van der Waals surface area contributed by atoms with E-state index in [0.29, 0.717) is 0 Å². The Bertz CT molecular complexity index is 587. The second kappa shape index (κ2) is 4.77. The molecule has 17 heavy (non-hydrogen) atoms. The maximum atomic E-state index is 13.5. The Morgan fingerprint density at radius 1 is 0.941 bits per heavy atom. The Morgan fingerprint density at radius 2 is 1.65 bits per heavy atom. The molecule has 6 heteroatoms. The number of benzene rings is 1. The number of rotatable bonds is 1. The fraction of sp³-hybridized carbons (Fsp3) is 0. The third-order valence-electron chi connectivity index (χ3n) is 2.13. The Morgan fingerprint density at radius 3 is 2.35 bits per heavy atom. The van der Waals surface area contributed by atoms with E-state index in [2.05, 4.69) is 4.98 Å². The van der Waals surface area contributed by atoms with Crippen molar-refractivity contribution in [3.8, 4) is 11.1 Å². The number of pyridine rings is 1. The normalized spacial score (nSPS) is 10.6. The van der Waals surface area contributed by atoms with Crippen molar-refractivity contribution in [3.05, 3.63) is 51.2 Å². The SMILES string of the molecule is Fc1cnc(F)c(-c2ccc(Cl)c(Cl)c2Cl)c1. The van der Waals surface area contributed by atoms with E-state index < -0.39 is 11.8 Å². The van der Waals surface area contributed by atoms with Gasteiger partial charge in [0.1, 0.15) is 5.82 Å². The van der Waals surface area contributed by atoms with E-state index in [1.54, 1.807) is 0 Å². The summed E-state index contributed by atoms with van der Waals surface area (Å²) in [5.41, 5.74) is 0.180. The van der Waals surface area contributed by atoms with Crippen LogP contribution in [0.15, 0.2) is 24.4 Å². The lowest BCUT2D eigenvalue weighted by atomic mass is 10.1. The highest BCUT2D eigenvalue weighted by atomic mass is 35.5. The van der Waals surface area contributed by atoms with Crippen molar-refractivity contribution < 1.29 is 8.78 Å². The molecular weight excluding hydrogens is 290 g/mol. The van der Waals surface area contributed by atoms with E-state index in [-0.39, 0.29) is 26.2 Å². The summed E-state index contributed by atoms with van der Waals surface area (Å²) in [6.45, 7) is 0. The second-order valence-corrected chi connectivity index (χ2v) is 4.38. The molecule has 1 heterocycles. The summed E-state index contributed by atoms with van der Waals surface area (Å²) in [5.74, 6) is -1.49. The number of halogens is 5. The fourth-order valence-electron chi connectivity index (χ4n) is 1.35. The van der Waals surface area contributed by atoms with Crippen LogP contribution in [0.2, 0.25) is 15.1 Å². The zero-order valence-electron chi connectivity index (χ0n) is 8.15. The Hall–Kier alpha value is -0.900. The molecule has 2 rings (SSSR count). The van der Waals surface area contributed by atoms with Crippen LogP contribution in [0.25, 0.3) is 11.1 Å². The molecule has 0 unspecified atom stereocenters. The van der Waals surface area contributed by atoms with Crippen LogP contribution in [-0.4, -0.2) is 4.98 Å². The van der Waals surface area contributed by atoms with Gasteiger partial charge in [-0.3, -0.25) is 0 Å². The smallest absolute Gasteiger partial charge is 0.220 e. The molecule has 0 aliphatic rings. The molecule has 0 saturated carbocycles. The molecule has 0 atom stereocenters. The first-order valence-corrected chi connectivity index (χ1v) is 5.59. The number of aromatic nitrogens is 1. The van der Waals surface area contributed by atoms with Gasteiger partial charge in [-0.1, -0.05) is 40.9 Å². The third-order valence-corrected chi connectivity index (χ3v) is 3.42. The van der Waals surface area contributed by atoms with E-state index in [4.69, 9.17) is 34.8 Å². The number of hydrogen-bond donors (Lipinski definition) is 0. The Labute approximate surface area is 111 Å². The molecule has 1 aromatic carbocycles. The van der Waals surface area contributed by atoms with Crippen molar-refractivity contribution in [2.24, 2.45) is 0 Å². The maximum Gasteiger partial charge on any atom is 0.220 e. The molecule has 1 nitrogen and oxygen atoms in total. The molecule has 88 valence electrons. The van der Waals surface area contributed by atoms with Gasteiger partial charge in [-0.05, 0) is 12.1 Å². The molecule has 0 spiro atoms. The Kier molecular flexibility index (Phi) is 3.52. The van der Waals surface area contributed by atoms with Crippen LogP contribution in [0.1, 0.15) is 0 Å². The minimum atomic E-state index is -0.827. The topological polar surface area (TPSA) is 12.9 Å². The minimum absolute atomic E-state index is 0.0606. The summed E-state index contributed by atoms with van der Waals surface area (Å²) in [7, 11) is 0. The molecule has 1 aromatic heterocycles. The van der Waals surface area contributed by atoms with Gasteiger partial charge in [0.25, 0.3) is 0 Å². The first-order chi connectivity index (χ1) is 8.00. The van der Waals surface area contributed by atoms with Crippen LogP contribution in [-0.2, 0) is 0 Å². The minimum Gasteiger partial charge on any atom is -0.225 e. The highest BCUT2D eigenvalue weighted by Crippen LogP contribution is 2.38.